The molecule has 35 heavy (non-hydrogen) atoms. The lowest BCUT2D eigenvalue weighted by Gasteiger charge is -2.21. The molecular formula is C32H29N3. The Bertz CT molecular complexity index is 1290. The molecule has 0 fully saturated rings. The van der Waals surface area contributed by atoms with Crippen molar-refractivity contribution in [1.29, 1.82) is 0 Å². The number of benzene rings is 5. The molecule has 0 aliphatic carbocycles. The van der Waals surface area contributed by atoms with Crippen LogP contribution in [0.15, 0.2) is 127 Å². The van der Waals surface area contributed by atoms with Gasteiger partial charge in [-0.15, -0.1) is 0 Å². The van der Waals surface area contributed by atoms with Gasteiger partial charge in [0.2, 0.25) is 0 Å². The Hall–Kier alpha value is -4.50. The second-order valence-corrected chi connectivity index (χ2v) is 8.78. The third-order valence-corrected chi connectivity index (χ3v) is 6.24. The normalized spacial score (nSPS) is 10.8. The van der Waals surface area contributed by atoms with Gasteiger partial charge in [-0.1, -0.05) is 72.8 Å². The maximum Gasteiger partial charge on any atom is 0.0384 e. The molecule has 0 aliphatic heterocycles. The van der Waals surface area contributed by atoms with E-state index in [2.05, 4.69) is 102 Å². The van der Waals surface area contributed by atoms with Crippen molar-refractivity contribution in [2.24, 2.45) is 0 Å². The zero-order valence-electron chi connectivity index (χ0n) is 19.8. The first-order valence-corrected chi connectivity index (χ1v) is 11.9. The van der Waals surface area contributed by atoms with Gasteiger partial charge in [0.25, 0.3) is 0 Å². The predicted molar refractivity (Wildman–Crippen MR) is 149 cm³/mol. The maximum atomic E-state index is 6.14. The summed E-state index contributed by atoms with van der Waals surface area (Å²) < 4.78 is 0. The summed E-state index contributed by atoms with van der Waals surface area (Å²) in [6, 6.07) is 44.2. The van der Waals surface area contributed by atoms with Crippen molar-refractivity contribution in [3.63, 3.8) is 0 Å². The van der Waals surface area contributed by atoms with Crippen LogP contribution in [-0.2, 0) is 0 Å². The van der Waals surface area contributed by atoms with Crippen LogP contribution in [0.5, 0.6) is 0 Å². The van der Waals surface area contributed by atoms with E-state index in [1.54, 1.807) is 0 Å². The van der Waals surface area contributed by atoms with E-state index in [4.69, 9.17) is 5.73 Å². The molecule has 0 amide bonds. The molecule has 5 rings (SSSR count). The van der Waals surface area contributed by atoms with Crippen LogP contribution in [0.1, 0.15) is 28.2 Å². The van der Waals surface area contributed by atoms with Crippen molar-refractivity contribution in [3.8, 4) is 0 Å². The highest BCUT2D eigenvalue weighted by atomic mass is 14.9. The van der Waals surface area contributed by atoms with Crippen LogP contribution in [0.25, 0.3) is 0 Å². The van der Waals surface area contributed by atoms with Gasteiger partial charge in [0.05, 0.1) is 0 Å². The lowest BCUT2D eigenvalue weighted by molar-refractivity contribution is 0.975. The molecule has 3 heteroatoms. The van der Waals surface area contributed by atoms with Gasteiger partial charge >= 0.3 is 0 Å². The zero-order valence-corrected chi connectivity index (χ0v) is 19.8. The van der Waals surface area contributed by atoms with E-state index >= 15 is 0 Å². The molecule has 0 unspecified atom stereocenters. The molecule has 0 saturated heterocycles. The van der Waals surface area contributed by atoms with E-state index in [1.807, 2.05) is 42.5 Å². The van der Waals surface area contributed by atoms with E-state index in [9.17, 15) is 0 Å². The van der Waals surface area contributed by atoms with Gasteiger partial charge in [-0.25, -0.2) is 0 Å². The smallest absolute Gasteiger partial charge is 0.0384 e. The lowest BCUT2D eigenvalue weighted by Crippen LogP contribution is -2.05. The fourth-order valence-electron chi connectivity index (χ4n) is 4.35. The van der Waals surface area contributed by atoms with Crippen molar-refractivity contribution in [2.75, 3.05) is 16.4 Å². The molecular weight excluding hydrogens is 426 g/mol. The van der Waals surface area contributed by atoms with Gasteiger partial charge in [-0.05, 0) is 83.8 Å². The first-order chi connectivity index (χ1) is 17.2. The molecule has 0 saturated carbocycles. The average molecular weight is 456 g/mol. The largest absolute Gasteiger partial charge is 0.399 e. The Balaban J connectivity index is 1.46. The van der Waals surface area contributed by atoms with E-state index in [-0.39, 0.29) is 5.92 Å². The number of hydrogen-bond acceptors (Lipinski definition) is 3. The summed E-state index contributed by atoms with van der Waals surface area (Å²) in [4.78, 5) is 0. The lowest BCUT2D eigenvalue weighted by atomic mass is 9.84. The van der Waals surface area contributed by atoms with Crippen molar-refractivity contribution >= 4 is 28.4 Å². The van der Waals surface area contributed by atoms with Crippen molar-refractivity contribution in [3.05, 3.63) is 150 Å². The van der Waals surface area contributed by atoms with Gasteiger partial charge in [-0.2, -0.15) is 0 Å². The van der Waals surface area contributed by atoms with E-state index < -0.39 is 0 Å². The van der Waals surface area contributed by atoms with Gasteiger partial charge in [0.1, 0.15) is 0 Å². The van der Waals surface area contributed by atoms with Gasteiger partial charge < -0.3 is 16.4 Å². The second-order valence-electron chi connectivity index (χ2n) is 8.78. The molecule has 0 radical (unpaired) electrons. The molecule has 3 nitrogen and oxygen atoms in total. The number of rotatable bonds is 7. The van der Waals surface area contributed by atoms with Crippen LogP contribution in [-0.4, -0.2) is 0 Å². The minimum absolute atomic E-state index is 0.103. The second kappa shape index (κ2) is 10.2. The number of nitrogen functional groups attached to an aromatic ring is 1. The quantitative estimate of drug-likeness (QED) is 0.171. The summed E-state index contributed by atoms with van der Waals surface area (Å²) >= 11 is 0. The SMILES string of the molecule is Cc1cc(C(c2ccc(Nc3ccccc3)cc2)c2ccc(Nc3ccccc3)cc2)ccc1N. The molecule has 0 aliphatic rings. The first kappa shape index (κ1) is 22.3. The molecule has 4 N–H and O–H groups in total. The first-order valence-electron chi connectivity index (χ1n) is 11.9. The highest BCUT2D eigenvalue weighted by molar-refractivity contribution is 5.62. The van der Waals surface area contributed by atoms with Crippen LogP contribution >= 0.6 is 0 Å². The fraction of sp³-hybridized carbons (Fsp3) is 0.0625. The Morgan fingerprint density at radius 3 is 1.31 bits per heavy atom. The molecule has 0 spiro atoms. The molecule has 5 aromatic carbocycles. The molecule has 0 atom stereocenters. The third kappa shape index (κ3) is 5.36. The minimum atomic E-state index is 0.103. The Labute approximate surface area is 207 Å². The average Bonchev–Trinajstić information content (AvgIpc) is 2.90. The number of para-hydroxylation sites is 2. The summed E-state index contributed by atoms with van der Waals surface area (Å²) in [5, 5.41) is 6.94. The van der Waals surface area contributed by atoms with E-state index in [0.29, 0.717) is 0 Å². The highest BCUT2D eigenvalue weighted by Gasteiger charge is 2.18. The third-order valence-electron chi connectivity index (χ3n) is 6.24. The van der Waals surface area contributed by atoms with Gasteiger partial charge in [0, 0.05) is 34.4 Å². The number of hydrogen-bond donors (Lipinski definition) is 3. The maximum absolute atomic E-state index is 6.14. The monoisotopic (exact) mass is 455 g/mol. The van der Waals surface area contributed by atoms with Crippen LogP contribution in [0.2, 0.25) is 0 Å². The summed E-state index contributed by atoms with van der Waals surface area (Å²) in [6.07, 6.45) is 0. The van der Waals surface area contributed by atoms with E-state index in [1.165, 1.54) is 16.7 Å². The predicted octanol–water partition coefficient (Wildman–Crippen LogP) is 8.24. The number of anilines is 5. The Morgan fingerprint density at radius 2 is 0.886 bits per heavy atom. The standard InChI is InChI=1S/C32H29N3/c1-23-22-26(16-21-31(23)33)32(24-12-17-29(18-13-24)34-27-8-4-2-5-9-27)25-14-19-30(20-15-25)35-28-10-6-3-7-11-28/h2-22,32,34-35H,33H2,1H3. The molecule has 172 valence electrons. The molecule has 0 aromatic heterocycles. The highest BCUT2D eigenvalue weighted by Crippen LogP contribution is 2.35. The summed E-state index contributed by atoms with van der Waals surface area (Å²) in [5.41, 5.74) is 16.0. The van der Waals surface area contributed by atoms with Crippen molar-refractivity contribution in [2.45, 2.75) is 12.8 Å². The minimum Gasteiger partial charge on any atom is -0.399 e. The summed E-state index contributed by atoms with van der Waals surface area (Å²) in [6.45, 7) is 2.07. The number of nitrogens with two attached hydrogens (primary N) is 1. The number of aryl methyl sites for hydroxylation is 1. The Kier molecular flexibility index (Phi) is 6.49. The van der Waals surface area contributed by atoms with Crippen LogP contribution < -0.4 is 16.4 Å². The fourth-order valence-corrected chi connectivity index (χ4v) is 4.35. The molecule has 0 heterocycles. The van der Waals surface area contributed by atoms with Crippen LogP contribution in [0, 0.1) is 6.92 Å². The topological polar surface area (TPSA) is 50.1 Å². The molecule has 0 bridgehead atoms. The summed E-state index contributed by atoms with van der Waals surface area (Å²) in [5.74, 6) is 0.103. The molecule has 5 aromatic rings. The van der Waals surface area contributed by atoms with Crippen LogP contribution in [0.3, 0.4) is 0 Å². The Morgan fingerprint density at radius 1 is 0.486 bits per heavy atom. The van der Waals surface area contributed by atoms with Crippen LogP contribution in [0.4, 0.5) is 28.4 Å². The van der Waals surface area contributed by atoms with Crippen molar-refractivity contribution < 1.29 is 0 Å². The summed E-state index contributed by atoms with van der Waals surface area (Å²) in [7, 11) is 0. The zero-order chi connectivity index (χ0) is 24.0. The van der Waals surface area contributed by atoms with E-state index in [0.717, 1.165) is 34.0 Å². The number of nitrogens with one attached hydrogen (secondary N) is 2. The van der Waals surface area contributed by atoms with Gasteiger partial charge in [-0.3, -0.25) is 0 Å². The van der Waals surface area contributed by atoms with Gasteiger partial charge in [0.15, 0.2) is 0 Å². The van der Waals surface area contributed by atoms with Crippen molar-refractivity contribution in [1.82, 2.24) is 0 Å².